The number of carbonyl (C=O) groups excluding carboxylic acids is 1. The summed E-state index contributed by atoms with van der Waals surface area (Å²) in [6.07, 6.45) is 4.09. The van der Waals surface area contributed by atoms with Gasteiger partial charge in [-0.3, -0.25) is 4.98 Å². The number of hydrogen-bond donors (Lipinski definition) is 0. The van der Waals surface area contributed by atoms with Gasteiger partial charge in [0.15, 0.2) is 5.75 Å². The quantitative estimate of drug-likeness (QED) is 0.702. The standard InChI is InChI=1S/C19H17FN4O3/c20-15-4-1-3-14(11-15)17-22-18(27-23-17)13-6-9-24(10-7-13)19(25)26-16-5-2-8-21-12-16/h1-5,8,11-13H,6-7,9-10H2. The summed E-state index contributed by atoms with van der Waals surface area (Å²) < 4.78 is 24.0. The first-order valence-electron chi connectivity index (χ1n) is 8.65. The number of rotatable bonds is 3. The predicted octanol–water partition coefficient (Wildman–Crippen LogP) is 3.65. The van der Waals surface area contributed by atoms with Crippen LogP contribution in [0.5, 0.6) is 5.75 Å². The lowest BCUT2D eigenvalue weighted by molar-refractivity contribution is 0.135. The molecule has 0 aliphatic carbocycles. The van der Waals surface area contributed by atoms with Crippen LogP contribution in [0.15, 0.2) is 53.3 Å². The predicted molar refractivity (Wildman–Crippen MR) is 93.5 cm³/mol. The molecule has 4 rings (SSSR count). The first kappa shape index (κ1) is 17.1. The van der Waals surface area contributed by atoms with Gasteiger partial charge in [-0.2, -0.15) is 4.98 Å². The average molecular weight is 368 g/mol. The van der Waals surface area contributed by atoms with Crippen molar-refractivity contribution in [3.63, 3.8) is 0 Å². The zero-order chi connectivity index (χ0) is 18.6. The molecule has 1 aromatic carbocycles. The van der Waals surface area contributed by atoms with E-state index in [0.717, 1.165) is 0 Å². The van der Waals surface area contributed by atoms with Crippen LogP contribution in [-0.4, -0.2) is 39.2 Å². The number of piperidine rings is 1. The van der Waals surface area contributed by atoms with Crippen LogP contribution in [0.1, 0.15) is 24.7 Å². The van der Waals surface area contributed by atoms with Gasteiger partial charge in [0.25, 0.3) is 0 Å². The van der Waals surface area contributed by atoms with Crippen molar-refractivity contribution in [3.05, 3.63) is 60.5 Å². The average Bonchev–Trinajstić information content (AvgIpc) is 3.19. The second kappa shape index (κ2) is 7.53. The minimum atomic E-state index is -0.396. The number of nitrogens with zero attached hydrogens (tertiary/aromatic N) is 4. The Morgan fingerprint density at radius 3 is 2.81 bits per heavy atom. The lowest BCUT2D eigenvalue weighted by Crippen LogP contribution is -2.39. The minimum absolute atomic E-state index is 0.0576. The molecule has 8 heteroatoms. The number of halogens is 1. The lowest BCUT2D eigenvalue weighted by Gasteiger charge is -2.29. The molecule has 27 heavy (non-hydrogen) atoms. The Labute approximate surface area is 154 Å². The summed E-state index contributed by atoms with van der Waals surface area (Å²) in [7, 11) is 0. The van der Waals surface area contributed by atoms with Crippen molar-refractivity contribution in [1.82, 2.24) is 20.0 Å². The van der Waals surface area contributed by atoms with Gasteiger partial charge in [0.05, 0.1) is 6.20 Å². The first-order valence-corrected chi connectivity index (χ1v) is 8.65. The molecule has 1 fully saturated rings. The van der Waals surface area contributed by atoms with Crippen LogP contribution in [0.25, 0.3) is 11.4 Å². The van der Waals surface area contributed by atoms with E-state index in [0.29, 0.717) is 49.0 Å². The van der Waals surface area contributed by atoms with Gasteiger partial charge >= 0.3 is 6.09 Å². The SMILES string of the molecule is O=C(Oc1cccnc1)N1CCC(c2nc(-c3cccc(F)c3)no2)CC1. The molecule has 0 bridgehead atoms. The van der Waals surface area contributed by atoms with Crippen LogP contribution in [0, 0.1) is 5.82 Å². The highest BCUT2D eigenvalue weighted by atomic mass is 19.1. The van der Waals surface area contributed by atoms with Crippen molar-refractivity contribution in [1.29, 1.82) is 0 Å². The molecule has 1 saturated heterocycles. The monoisotopic (exact) mass is 368 g/mol. The van der Waals surface area contributed by atoms with E-state index in [4.69, 9.17) is 9.26 Å². The number of benzene rings is 1. The summed E-state index contributed by atoms with van der Waals surface area (Å²) in [5, 5.41) is 3.95. The molecule has 3 aromatic rings. The second-order valence-corrected chi connectivity index (χ2v) is 6.28. The lowest BCUT2D eigenvalue weighted by atomic mass is 9.97. The van der Waals surface area contributed by atoms with Crippen LogP contribution in [0.3, 0.4) is 0 Å². The van der Waals surface area contributed by atoms with Crippen molar-refractivity contribution in [2.75, 3.05) is 13.1 Å². The Balaban J connectivity index is 1.36. The molecule has 0 saturated carbocycles. The third-order valence-electron chi connectivity index (χ3n) is 4.47. The zero-order valence-electron chi connectivity index (χ0n) is 14.4. The number of aromatic nitrogens is 3. The van der Waals surface area contributed by atoms with Gasteiger partial charge < -0.3 is 14.2 Å². The van der Waals surface area contributed by atoms with E-state index in [1.54, 1.807) is 35.4 Å². The molecule has 1 aliphatic heterocycles. The normalized spacial score (nSPS) is 14.9. The van der Waals surface area contributed by atoms with Crippen molar-refractivity contribution < 1.29 is 18.4 Å². The number of pyridine rings is 1. The summed E-state index contributed by atoms with van der Waals surface area (Å²) >= 11 is 0. The molecule has 0 atom stereocenters. The summed E-state index contributed by atoms with van der Waals surface area (Å²) in [6, 6.07) is 9.46. The highest BCUT2D eigenvalue weighted by Gasteiger charge is 2.28. The fourth-order valence-electron chi connectivity index (χ4n) is 3.03. The highest BCUT2D eigenvalue weighted by Crippen LogP contribution is 2.29. The number of amides is 1. The maximum Gasteiger partial charge on any atom is 0.415 e. The summed E-state index contributed by atoms with van der Waals surface area (Å²) in [5.74, 6) is 1.00. The first-order chi connectivity index (χ1) is 13.2. The Morgan fingerprint density at radius 1 is 1.22 bits per heavy atom. The van der Waals surface area contributed by atoms with E-state index in [9.17, 15) is 9.18 Å². The van der Waals surface area contributed by atoms with Crippen molar-refractivity contribution in [2.45, 2.75) is 18.8 Å². The van der Waals surface area contributed by atoms with Gasteiger partial charge in [-0.1, -0.05) is 17.3 Å². The maximum atomic E-state index is 13.3. The van der Waals surface area contributed by atoms with E-state index in [-0.39, 0.29) is 11.7 Å². The number of likely N-dealkylation sites (tertiary alicyclic amines) is 1. The molecule has 7 nitrogen and oxygen atoms in total. The zero-order valence-corrected chi connectivity index (χ0v) is 14.4. The molecule has 0 spiro atoms. The van der Waals surface area contributed by atoms with Crippen LogP contribution in [-0.2, 0) is 0 Å². The van der Waals surface area contributed by atoms with Crippen LogP contribution in [0.2, 0.25) is 0 Å². The molecule has 3 heterocycles. The molecule has 0 unspecified atom stereocenters. The topological polar surface area (TPSA) is 81.4 Å². The van der Waals surface area contributed by atoms with E-state index in [1.165, 1.54) is 18.3 Å². The van der Waals surface area contributed by atoms with E-state index in [1.807, 2.05) is 0 Å². The molecule has 1 aliphatic rings. The van der Waals surface area contributed by atoms with E-state index < -0.39 is 6.09 Å². The van der Waals surface area contributed by atoms with Gasteiger partial charge in [-0.15, -0.1) is 0 Å². The summed E-state index contributed by atoms with van der Waals surface area (Å²) in [5.41, 5.74) is 0.572. The molecule has 0 radical (unpaired) electrons. The van der Waals surface area contributed by atoms with Gasteiger partial charge in [-0.05, 0) is 37.1 Å². The Kier molecular flexibility index (Phi) is 4.78. The molecule has 1 amide bonds. The van der Waals surface area contributed by atoms with E-state index >= 15 is 0 Å². The molecular weight excluding hydrogens is 351 g/mol. The molecule has 0 N–H and O–H groups in total. The van der Waals surface area contributed by atoms with Crippen LogP contribution in [0.4, 0.5) is 9.18 Å². The van der Waals surface area contributed by atoms with Crippen molar-refractivity contribution >= 4 is 6.09 Å². The van der Waals surface area contributed by atoms with Gasteiger partial charge in [0.1, 0.15) is 5.82 Å². The molecular formula is C19H17FN4O3. The third-order valence-corrected chi connectivity index (χ3v) is 4.47. The highest BCUT2D eigenvalue weighted by molar-refractivity contribution is 5.70. The molecule has 138 valence electrons. The Bertz CT molecular complexity index is 923. The van der Waals surface area contributed by atoms with Crippen LogP contribution >= 0.6 is 0 Å². The summed E-state index contributed by atoms with van der Waals surface area (Å²) in [6.45, 7) is 1.06. The number of ether oxygens (including phenoxy) is 1. The van der Waals surface area contributed by atoms with Gasteiger partial charge in [-0.25, -0.2) is 9.18 Å². The van der Waals surface area contributed by atoms with Gasteiger partial charge in [0.2, 0.25) is 11.7 Å². The van der Waals surface area contributed by atoms with Crippen molar-refractivity contribution in [3.8, 4) is 17.1 Å². The number of carbonyl (C=O) groups is 1. The fourth-order valence-corrected chi connectivity index (χ4v) is 3.03. The number of hydrogen-bond acceptors (Lipinski definition) is 6. The Hall–Kier alpha value is -3.29. The van der Waals surface area contributed by atoms with Crippen LogP contribution < -0.4 is 4.74 Å². The second-order valence-electron chi connectivity index (χ2n) is 6.28. The van der Waals surface area contributed by atoms with Gasteiger partial charge in [0, 0.05) is 30.8 Å². The Morgan fingerprint density at radius 2 is 2.07 bits per heavy atom. The maximum absolute atomic E-state index is 13.3. The summed E-state index contributed by atoms with van der Waals surface area (Å²) in [4.78, 5) is 22.2. The third kappa shape index (κ3) is 3.94. The minimum Gasteiger partial charge on any atom is -0.409 e. The smallest absolute Gasteiger partial charge is 0.409 e. The van der Waals surface area contributed by atoms with E-state index in [2.05, 4.69) is 15.1 Å². The largest absolute Gasteiger partial charge is 0.415 e. The molecule has 2 aromatic heterocycles. The van der Waals surface area contributed by atoms with Crippen molar-refractivity contribution in [2.24, 2.45) is 0 Å². The fraction of sp³-hybridized carbons (Fsp3) is 0.263.